The number of aryl methyl sites for hydroxylation is 1. The Balaban J connectivity index is 1.64. The molecule has 1 aromatic heterocycles. The summed E-state index contributed by atoms with van der Waals surface area (Å²) in [7, 11) is 0. The molecule has 1 aliphatic carbocycles. The average Bonchev–Trinajstić information content (AvgIpc) is 3.16. The van der Waals surface area contributed by atoms with Gasteiger partial charge >= 0.3 is 0 Å². The van der Waals surface area contributed by atoms with Gasteiger partial charge in [-0.1, -0.05) is 19.3 Å². The van der Waals surface area contributed by atoms with Crippen LogP contribution in [0.25, 0.3) is 0 Å². The van der Waals surface area contributed by atoms with Gasteiger partial charge < -0.3 is 10.3 Å². The maximum atomic E-state index is 12.2. The van der Waals surface area contributed by atoms with Crippen LogP contribution in [0.2, 0.25) is 0 Å². The Kier molecular flexibility index (Phi) is 4.29. The normalized spacial score (nSPS) is 22.3. The smallest absolute Gasteiger partial charge is 0.287 e. The van der Waals surface area contributed by atoms with Gasteiger partial charge in [-0.3, -0.25) is 9.69 Å². The minimum Gasteiger partial charge on any atom is -0.348 e. The summed E-state index contributed by atoms with van der Waals surface area (Å²) in [4.78, 5) is 22.0. The van der Waals surface area contributed by atoms with Crippen LogP contribution in [0.3, 0.4) is 0 Å². The van der Waals surface area contributed by atoms with Gasteiger partial charge in [-0.25, -0.2) is 4.98 Å². The number of imidazole rings is 1. The van der Waals surface area contributed by atoms with E-state index in [4.69, 9.17) is 0 Å². The van der Waals surface area contributed by atoms with Crippen LogP contribution in [0.5, 0.6) is 0 Å². The maximum Gasteiger partial charge on any atom is 0.287 e. The van der Waals surface area contributed by atoms with Crippen LogP contribution in [0.1, 0.15) is 61.3 Å². The first-order chi connectivity index (χ1) is 10.2. The standard InChI is InChI=1S/C16H26N4O/c1-13-11-17-14(19-13)15(21)18-12-16(7-3-4-8-16)20-9-5-2-6-10-20/h11H,2-10,12H2,1H3,(H,17,19)(H,18,21). The van der Waals surface area contributed by atoms with Crippen LogP contribution in [0, 0.1) is 6.92 Å². The summed E-state index contributed by atoms with van der Waals surface area (Å²) in [6.07, 6.45) is 10.6. The molecule has 1 saturated carbocycles. The summed E-state index contributed by atoms with van der Waals surface area (Å²) in [5, 5.41) is 3.12. The van der Waals surface area contributed by atoms with Crippen LogP contribution in [-0.4, -0.2) is 45.9 Å². The summed E-state index contributed by atoms with van der Waals surface area (Å²) in [5.41, 5.74) is 1.12. The molecule has 5 nitrogen and oxygen atoms in total. The Labute approximate surface area is 126 Å². The van der Waals surface area contributed by atoms with Gasteiger partial charge in [0.25, 0.3) is 5.91 Å². The average molecular weight is 290 g/mol. The topological polar surface area (TPSA) is 61.0 Å². The Hall–Kier alpha value is -1.36. The number of amides is 1. The zero-order chi connectivity index (χ0) is 14.7. The molecule has 5 heteroatoms. The fourth-order valence-corrected chi connectivity index (χ4v) is 3.86. The van der Waals surface area contributed by atoms with E-state index in [0.29, 0.717) is 5.82 Å². The fourth-order valence-electron chi connectivity index (χ4n) is 3.86. The van der Waals surface area contributed by atoms with E-state index in [-0.39, 0.29) is 11.4 Å². The molecule has 1 aliphatic heterocycles. The third kappa shape index (κ3) is 3.12. The van der Waals surface area contributed by atoms with Crippen molar-refractivity contribution in [2.75, 3.05) is 19.6 Å². The minimum absolute atomic E-state index is 0.0774. The number of nitrogens with zero attached hydrogens (tertiary/aromatic N) is 2. The van der Waals surface area contributed by atoms with Crippen molar-refractivity contribution >= 4 is 5.91 Å². The number of carbonyl (C=O) groups is 1. The molecule has 0 atom stereocenters. The minimum atomic E-state index is -0.0774. The van der Waals surface area contributed by atoms with E-state index in [2.05, 4.69) is 20.2 Å². The van der Waals surface area contributed by atoms with Crippen LogP contribution in [0.15, 0.2) is 6.20 Å². The summed E-state index contributed by atoms with van der Waals surface area (Å²) in [6, 6.07) is 0. The molecule has 0 aromatic carbocycles. The van der Waals surface area contributed by atoms with Gasteiger partial charge in [-0.05, 0) is 45.7 Å². The van der Waals surface area contributed by atoms with Gasteiger partial charge in [0.2, 0.25) is 0 Å². The lowest BCUT2D eigenvalue weighted by Crippen LogP contribution is -2.55. The van der Waals surface area contributed by atoms with Crippen LogP contribution >= 0.6 is 0 Å². The van der Waals surface area contributed by atoms with Crippen LogP contribution in [0.4, 0.5) is 0 Å². The highest BCUT2D eigenvalue weighted by Gasteiger charge is 2.40. The number of aromatic amines is 1. The van der Waals surface area contributed by atoms with Gasteiger partial charge in [-0.15, -0.1) is 0 Å². The number of likely N-dealkylation sites (tertiary alicyclic amines) is 1. The van der Waals surface area contributed by atoms with Crippen molar-refractivity contribution in [1.82, 2.24) is 20.2 Å². The van der Waals surface area contributed by atoms with Crippen molar-refractivity contribution in [2.24, 2.45) is 0 Å². The molecule has 2 fully saturated rings. The number of carbonyl (C=O) groups excluding carboxylic acids is 1. The summed E-state index contributed by atoms with van der Waals surface area (Å²) in [5.74, 6) is 0.352. The lowest BCUT2D eigenvalue weighted by atomic mass is 9.92. The lowest BCUT2D eigenvalue weighted by molar-refractivity contribution is 0.0639. The second kappa shape index (κ2) is 6.18. The van der Waals surface area contributed by atoms with E-state index in [9.17, 15) is 4.79 Å². The molecule has 0 radical (unpaired) electrons. The highest BCUT2D eigenvalue weighted by Crippen LogP contribution is 2.36. The van der Waals surface area contributed by atoms with Crippen molar-refractivity contribution in [3.05, 3.63) is 17.7 Å². The number of rotatable bonds is 4. The van der Waals surface area contributed by atoms with Gasteiger partial charge in [-0.2, -0.15) is 0 Å². The first kappa shape index (κ1) is 14.6. The molecule has 1 amide bonds. The zero-order valence-electron chi connectivity index (χ0n) is 13.0. The lowest BCUT2D eigenvalue weighted by Gasteiger charge is -2.43. The highest BCUT2D eigenvalue weighted by atomic mass is 16.2. The molecule has 2 heterocycles. The SMILES string of the molecule is Cc1cnc(C(=O)NCC2(N3CCCCC3)CCCC2)[nH]1. The second-order valence-corrected chi connectivity index (χ2v) is 6.58. The zero-order valence-corrected chi connectivity index (χ0v) is 13.0. The molecule has 0 unspecified atom stereocenters. The summed E-state index contributed by atoms with van der Waals surface area (Å²) < 4.78 is 0. The maximum absolute atomic E-state index is 12.2. The molecule has 21 heavy (non-hydrogen) atoms. The molecular weight excluding hydrogens is 264 g/mol. The molecule has 2 aliphatic rings. The largest absolute Gasteiger partial charge is 0.348 e. The number of aromatic nitrogens is 2. The summed E-state index contributed by atoms with van der Waals surface area (Å²) >= 11 is 0. The van der Waals surface area contributed by atoms with E-state index in [1.54, 1.807) is 6.20 Å². The van der Waals surface area contributed by atoms with Gasteiger partial charge in [0.1, 0.15) is 0 Å². The molecule has 1 aromatic rings. The molecule has 3 rings (SSSR count). The Morgan fingerprint density at radius 1 is 1.29 bits per heavy atom. The number of hydrogen-bond acceptors (Lipinski definition) is 3. The van der Waals surface area contributed by atoms with E-state index < -0.39 is 0 Å². The molecule has 1 saturated heterocycles. The van der Waals surface area contributed by atoms with E-state index in [1.807, 2.05) is 6.92 Å². The predicted octanol–water partition coefficient (Wildman–Crippen LogP) is 2.25. The fraction of sp³-hybridized carbons (Fsp3) is 0.750. The van der Waals surface area contributed by atoms with Crippen molar-refractivity contribution < 1.29 is 4.79 Å². The highest BCUT2D eigenvalue weighted by molar-refractivity contribution is 5.90. The predicted molar refractivity (Wildman–Crippen MR) is 82.3 cm³/mol. The number of H-pyrrole nitrogens is 1. The van der Waals surface area contributed by atoms with E-state index in [0.717, 1.165) is 12.2 Å². The third-order valence-corrected chi connectivity index (χ3v) is 5.06. The van der Waals surface area contributed by atoms with Gasteiger partial charge in [0.15, 0.2) is 5.82 Å². The molecule has 0 spiro atoms. The van der Waals surface area contributed by atoms with Crippen LogP contribution < -0.4 is 5.32 Å². The van der Waals surface area contributed by atoms with Gasteiger partial charge in [0, 0.05) is 24.0 Å². The Morgan fingerprint density at radius 2 is 2.00 bits per heavy atom. The first-order valence-corrected chi connectivity index (χ1v) is 8.24. The van der Waals surface area contributed by atoms with Crippen molar-refractivity contribution in [1.29, 1.82) is 0 Å². The van der Waals surface area contributed by atoms with Crippen molar-refractivity contribution in [2.45, 2.75) is 57.4 Å². The van der Waals surface area contributed by atoms with E-state index in [1.165, 1.54) is 58.0 Å². The first-order valence-electron chi connectivity index (χ1n) is 8.24. The van der Waals surface area contributed by atoms with Crippen LogP contribution in [-0.2, 0) is 0 Å². The Morgan fingerprint density at radius 3 is 2.62 bits per heavy atom. The number of piperidine rings is 1. The quantitative estimate of drug-likeness (QED) is 0.894. The number of hydrogen-bond donors (Lipinski definition) is 2. The molecule has 116 valence electrons. The van der Waals surface area contributed by atoms with Crippen molar-refractivity contribution in [3.8, 4) is 0 Å². The Bertz CT molecular complexity index is 484. The van der Waals surface area contributed by atoms with Crippen molar-refractivity contribution in [3.63, 3.8) is 0 Å². The van der Waals surface area contributed by atoms with E-state index >= 15 is 0 Å². The summed E-state index contributed by atoms with van der Waals surface area (Å²) in [6.45, 7) is 5.05. The van der Waals surface area contributed by atoms with Gasteiger partial charge in [0.05, 0.1) is 0 Å². The molecule has 2 N–H and O–H groups in total. The third-order valence-electron chi connectivity index (χ3n) is 5.06. The molecule has 0 bridgehead atoms. The second-order valence-electron chi connectivity index (χ2n) is 6.58. The number of nitrogens with one attached hydrogen (secondary N) is 2. The monoisotopic (exact) mass is 290 g/mol. The molecular formula is C16H26N4O.